The molecular formula is C17H33N3O2. The number of hydrogen-bond acceptors (Lipinski definition) is 3. The molecule has 1 saturated heterocycles. The van der Waals surface area contributed by atoms with Crippen LogP contribution in [0, 0.1) is 5.41 Å². The number of amides is 2. The molecule has 0 aromatic heterocycles. The van der Waals surface area contributed by atoms with Gasteiger partial charge < -0.3 is 10.2 Å². The Bertz CT molecular complexity index is 386. The average Bonchev–Trinajstić information content (AvgIpc) is 2.41. The van der Waals surface area contributed by atoms with Gasteiger partial charge in [0.1, 0.15) is 0 Å². The maximum Gasteiger partial charge on any atom is 0.225 e. The van der Waals surface area contributed by atoms with E-state index in [-0.39, 0.29) is 22.8 Å². The van der Waals surface area contributed by atoms with Crippen molar-refractivity contribution in [3.05, 3.63) is 0 Å². The van der Waals surface area contributed by atoms with Crippen molar-refractivity contribution in [1.29, 1.82) is 0 Å². The zero-order valence-electron chi connectivity index (χ0n) is 15.2. The monoisotopic (exact) mass is 311 g/mol. The van der Waals surface area contributed by atoms with Gasteiger partial charge in [-0.05, 0) is 27.2 Å². The minimum atomic E-state index is -0.368. The summed E-state index contributed by atoms with van der Waals surface area (Å²) in [6.45, 7) is 16.4. The molecule has 1 aliphatic rings. The highest BCUT2D eigenvalue weighted by Crippen LogP contribution is 2.16. The molecule has 1 rings (SSSR count). The van der Waals surface area contributed by atoms with Crippen LogP contribution in [-0.2, 0) is 9.59 Å². The van der Waals surface area contributed by atoms with Crippen molar-refractivity contribution in [1.82, 2.24) is 15.1 Å². The third-order valence-corrected chi connectivity index (χ3v) is 4.12. The van der Waals surface area contributed by atoms with Gasteiger partial charge in [-0.25, -0.2) is 0 Å². The van der Waals surface area contributed by atoms with Crippen LogP contribution < -0.4 is 5.32 Å². The van der Waals surface area contributed by atoms with Crippen LogP contribution in [0.5, 0.6) is 0 Å². The Morgan fingerprint density at radius 2 is 1.50 bits per heavy atom. The molecule has 0 saturated carbocycles. The lowest BCUT2D eigenvalue weighted by molar-refractivity contribution is -0.134. The summed E-state index contributed by atoms with van der Waals surface area (Å²) in [5.41, 5.74) is -0.195. The number of nitrogens with one attached hydrogen (secondary N) is 1. The van der Waals surface area contributed by atoms with Crippen LogP contribution in [0.2, 0.25) is 0 Å². The predicted octanol–water partition coefficient (Wildman–Crippen LogP) is 1.87. The Hall–Kier alpha value is -1.10. The van der Waals surface area contributed by atoms with Crippen LogP contribution in [-0.4, -0.2) is 59.9 Å². The second kappa shape index (κ2) is 7.44. The van der Waals surface area contributed by atoms with Gasteiger partial charge in [0.05, 0.1) is 0 Å². The van der Waals surface area contributed by atoms with E-state index >= 15 is 0 Å². The predicted molar refractivity (Wildman–Crippen MR) is 89.6 cm³/mol. The highest BCUT2D eigenvalue weighted by atomic mass is 16.2. The number of nitrogens with zero attached hydrogens (tertiary/aromatic N) is 2. The highest BCUT2D eigenvalue weighted by Gasteiger charge is 2.27. The van der Waals surface area contributed by atoms with Crippen molar-refractivity contribution in [3.8, 4) is 0 Å². The Kier molecular flexibility index (Phi) is 6.41. The molecule has 1 N–H and O–H groups in total. The lowest BCUT2D eigenvalue weighted by Crippen LogP contribution is -2.54. The molecule has 128 valence electrons. The molecule has 0 aromatic rings. The van der Waals surface area contributed by atoms with E-state index in [9.17, 15) is 9.59 Å². The quantitative estimate of drug-likeness (QED) is 0.807. The molecule has 0 aromatic carbocycles. The normalized spacial score (nSPS) is 17.5. The summed E-state index contributed by atoms with van der Waals surface area (Å²) in [4.78, 5) is 28.3. The molecule has 0 atom stereocenters. The molecular weight excluding hydrogens is 278 g/mol. The van der Waals surface area contributed by atoms with E-state index in [4.69, 9.17) is 0 Å². The van der Waals surface area contributed by atoms with Gasteiger partial charge in [0.25, 0.3) is 0 Å². The summed E-state index contributed by atoms with van der Waals surface area (Å²) in [6.07, 6.45) is 1.22. The molecule has 22 heavy (non-hydrogen) atoms. The maximum absolute atomic E-state index is 12.2. The van der Waals surface area contributed by atoms with Gasteiger partial charge >= 0.3 is 0 Å². The summed E-state index contributed by atoms with van der Waals surface area (Å²) in [7, 11) is 0. The second-order valence-corrected chi connectivity index (χ2v) is 8.15. The first kappa shape index (κ1) is 18.9. The van der Waals surface area contributed by atoms with Gasteiger partial charge in [-0.2, -0.15) is 0 Å². The molecule has 0 bridgehead atoms. The summed E-state index contributed by atoms with van der Waals surface area (Å²) < 4.78 is 0. The number of piperazine rings is 1. The SMILES string of the molecule is CC(C)(C)C(=O)NCCCC(=O)N1CCN(C(C)(C)C)CC1. The second-order valence-electron chi connectivity index (χ2n) is 8.15. The van der Waals surface area contributed by atoms with E-state index < -0.39 is 0 Å². The van der Waals surface area contributed by atoms with E-state index in [1.807, 2.05) is 25.7 Å². The molecule has 0 aliphatic carbocycles. The summed E-state index contributed by atoms with van der Waals surface area (Å²) in [6, 6.07) is 0. The van der Waals surface area contributed by atoms with Crippen LogP contribution in [0.15, 0.2) is 0 Å². The van der Waals surface area contributed by atoms with Gasteiger partial charge in [-0.3, -0.25) is 14.5 Å². The summed E-state index contributed by atoms with van der Waals surface area (Å²) in [5.74, 6) is 0.248. The van der Waals surface area contributed by atoms with Gasteiger partial charge in [0.15, 0.2) is 0 Å². The maximum atomic E-state index is 12.2. The van der Waals surface area contributed by atoms with Gasteiger partial charge in [0, 0.05) is 50.1 Å². The van der Waals surface area contributed by atoms with E-state index in [0.717, 1.165) is 26.2 Å². The molecule has 1 heterocycles. The largest absolute Gasteiger partial charge is 0.356 e. The molecule has 0 radical (unpaired) electrons. The number of hydrogen-bond donors (Lipinski definition) is 1. The molecule has 1 aliphatic heterocycles. The minimum Gasteiger partial charge on any atom is -0.356 e. The minimum absolute atomic E-state index is 0.0405. The van der Waals surface area contributed by atoms with Crippen LogP contribution in [0.3, 0.4) is 0 Å². The van der Waals surface area contributed by atoms with Crippen LogP contribution in [0.25, 0.3) is 0 Å². The molecule has 5 heteroatoms. The molecule has 5 nitrogen and oxygen atoms in total. The fraction of sp³-hybridized carbons (Fsp3) is 0.882. The van der Waals surface area contributed by atoms with Crippen molar-refractivity contribution < 1.29 is 9.59 Å². The summed E-state index contributed by atoms with van der Waals surface area (Å²) >= 11 is 0. The van der Waals surface area contributed by atoms with Crippen LogP contribution in [0.1, 0.15) is 54.4 Å². The van der Waals surface area contributed by atoms with E-state index in [1.165, 1.54) is 0 Å². The van der Waals surface area contributed by atoms with Crippen molar-refractivity contribution >= 4 is 11.8 Å². The van der Waals surface area contributed by atoms with Crippen molar-refractivity contribution in [3.63, 3.8) is 0 Å². The van der Waals surface area contributed by atoms with E-state index in [1.54, 1.807) is 0 Å². The third kappa shape index (κ3) is 5.95. The molecule has 1 fully saturated rings. The topological polar surface area (TPSA) is 52.7 Å². The summed E-state index contributed by atoms with van der Waals surface area (Å²) in [5, 5.41) is 2.89. The standard InChI is InChI=1S/C17H33N3O2/c1-16(2,3)15(22)18-9-7-8-14(21)19-10-12-20(13-11-19)17(4,5)6/h7-13H2,1-6H3,(H,18,22). The Morgan fingerprint density at radius 1 is 0.955 bits per heavy atom. The van der Waals surface area contributed by atoms with Crippen molar-refractivity contribution in [2.45, 2.75) is 59.9 Å². The van der Waals surface area contributed by atoms with Gasteiger partial charge in [-0.15, -0.1) is 0 Å². The Labute approximate surface area is 135 Å². The average molecular weight is 311 g/mol. The zero-order chi connectivity index (χ0) is 17.0. The first-order valence-corrected chi connectivity index (χ1v) is 8.33. The Morgan fingerprint density at radius 3 is 1.95 bits per heavy atom. The van der Waals surface area contributed by atoms with E-state index in [2.05, 4.69) is 31.0 Å². The van der Waals surface area contributed by atoms with Gasteiger partial charge in [0.2, 0.25) is 11.8 Å². The lowest BCUT2D eigenvalue weighted by atomic mass is 9.96. The van der Waals surface area contributed by atoms with Crippen molar-refractivity contribution in [2.75, 3.05) is 32.7 Å². The fourth-order valence-corrected chi connectivity index (χ4v) is 2.49. The Balaban J connectivity index is 2.24. The molecule has 2 amide bonds. The molecule has 0 unspecified atom stereocenters. The van der Waals surface area contributed by atoms with Crippen LogP contribution in [0.4, 0.5) is 0 Å². The fourth-order valence-electron chi connectivity index (χ4n) is 2.49. The number of rotatable bonds is 4. The third-order valence-electron chi connectivity index (χ3n) is 4.12. The van der Waals surface area contributed by atoms with Gasteiger partial charge in [-0.1, -0.05) is 20.8 Å². The lowest BCUT2D eigenvalue weighted by Gasteiger charge is -2.42. The highest BCUT2D eigenvalue weighted by molar-refractivity contribution is 5.81. The first-order chi connectivity index (χ1) is 10.0. The first-order valence-electron chi connectivity index (χ1n) is 8.33. The van der Waals surface area contributed by atoms with Crippen molar-refractivity contribution in [2.24, 2.45) is 5.41 Å². The van der Waals surface area contributed by atoms with Crippen LogP contribution >= 0.6 is 0 Å². The zero-order valence-corrected chi connectivity index (χ0v) is 15.2. The van der Waals surface area contributed by atoms with E-state index in [0.29, 0.717) is 19.4 Å². The number of carbonyl (C=O) groups excluding carboxylic acids is 2. The smallest absolute Gasteiger partial charge is 0.225 e. The number of carbonyl (C=O) groups is 2. The molecule has 0 spiro atoms.